The zero-order valence-electron chi connectivity index (χ0n) is 5.59. The molecule has 0 heterocycles. The Bertz CT molecular complexity index is 119. The van der Waals surface area contributed by atoms with Gasteiger partial charge >= 0.3 is 5.97 Å². The van der Waals surface area contributed by atoms with Gasteiger partial charge in [-0.2, -0.15) is 0 Å². The van der Waals surface area contributed by atoms with Crippen molar-refractivity contribution in [1.82, 2.24) is 0 Å². The van der Waals surface area contributed by atoms with Crippen molar-refractivity contribution >= 4 is 40.8 Å². The molecule has 0 saturated carbocycles. The molecule has 0 amide bonds. The van der Waals surface area contributed by atoms with Crippen LogP contribution in [0.4, 0.5) is 0 Å². The van der Waals surface area contributed by atoms with E-state index in [4.69, 9.17) is 45.0 Å². The zero-order chi connectivity index (χ0) is 9.65. The topological polar surface area (TPSA) is 83.5 Å². The minimum absolute atomic E-state index is 0.667. The van der Waals surface area contributed by atoms with Gasteiger partial charge < -0.3 is 15.9 Å². The molecule has 4 nitrogen and oxygen atoms in total. The van der Waals surface area contributed by atoms with Crippen molar-refractivity contribution in [1.29, 1.82) is 0 Å². The smallest absolute Gasteiger partial charge is 0.356 e. The molecule has 11 heavy (non-hydrogen) atoms. The summed E-state index contributed by atoms with van der Waals surface area (Å²) in [5.41, 5.74) is 4.67. The largest absolute Gasteiger partial charge is 0.478 e. The standard InChI is InChI=1S/C2HCl3O2.C2H7NO/c3-2(4,5)1(6)7;1-2(3)4/h(H,6,7);2,4H,3H2,1H3. The Morgan fingerprint density at radius 2 is 1.64 bits per heavy atom. The molecular formula is C4H8Cl3NO3. The Morgan fingerprint density at radius 1 is 1.55 bits per heavy atom. The van der Waals surface area contributed by atoms with Gasteiger partial charge in [0.1, 0.15) is 0 Å². The molecule has 1 unspecified atom stereocenters. The molecule has 0 spiro atoms. The van der Waals surface area contributed by atoms with Gasteiger partial charge in [0.15, 0.2) is 0 Å². The van der Waals surface area contributed by atoms with Crippen LogP contribution in [0.2, 0.25) is 0 Å². The Hall–Kier alpha value is 0.260. The fourth-order valence-corrected chi connectivity index (χ4v) is 0. The summed E-state index contributed by atoms with van der Waals surface area (Å²) in [4.78, 5) is 9.62. The number of rotatable bonds is 0. The van der Waals surface area contributed by atoms with Gasteiger partial charge in [-0.3, -0.25) is 0 Å². The molecule has 0 bridgehead atoms. The lowest BCUT2D eigenvalue weighted by Crippen LogP contribution is -2.16. The first kappa shape index (κ1) is 13.8. The van der Waals surface area contributed by atoms with Crippen molar-refractivity contribution in [3.63, 3.8) is 0 Å². The molecule has 0 aromatic heterocycles. The predicted octanol–water partition coefficient (Wildman–Crippen LogP) is 0.725. The second kappa shape index (κ2) is 5.85. The van der Waals surface area contributed by atoms with Crippen molar-refractivity contribution < 1.29 is 15.0 Å². The number of halogens is 3. The van der Waals surface area contributed by atoms with Crippen LogP contribution in [0.3, 0.4) is 0 Å². The van der Waals surface area contributed by atoms with E-state index in [-0.39, 0.29) is 0 Å². The highest BCUT2D eigenvalue weighted by atomic mass is 35.6. The lowest BCUT2D eigenvalue weighted by atomic mass is 10.7. The van der Waals surface area contributed by atoms with Crippen LogP contribution >= 0.6 is 34.8 Å². The fraction of sp³-hybridized carbons (Fsp3) is 0.750. The molecule has 0 radical (unpaired) electrons. The second-order valence-electron chi connectivity index (χ2n) is 1.54. The molecule has 1 atom stereocenters. The molecule has 0 aliphatic heterocycles. The van der Waals surface area contributed by atoms with E-state index in [0.29, 0.717) is 0 Å². The molecule has 0 aliphatic rings. The minimum Gasteiger partial charge on any atom is -0.478 e. The SMILES string of the molecule is CC(N)O.O=C(O)C(Cl)(Cl)Cl. The molecule has 4 N–H and O–H groups in total. The molecule has 0 fully saturated rings. The van der Waals surface area contributed by atoms with Crippen LogP contribution in [-0.2, 0) is 4.79 Å². The maximum atomic E-state index is 9.62. The number of alkyl halides is 3. The summed E-state index contributed by atoms with van der Waals surface area (Å²) < 4.78 is -2.17. The normalized spacial score (nSPS) is 12.9. The molecule has 0 aliphatic carbocycles. The van der Waals surface area contributed by atoms with E-state index >= 15 is 0 Å². The summed E-state index contributed by atoms with van der Waals surface area (Å²) in [5.74, 6) is -1.46. The fourth-order valence-electron chi connectivity index (χ4n) is 0. The molecular weight excluding hydrogens is 216 g/mol. The maximum Gasteiger partial charge on any atom is 0.356 e. The van der Waals surface area contributed by atoms with Gasteiger partial charge in [0, 0.05) is 0 Å². The summed E-state index contributed by atoms with van der Waals surface area (Å²) in [6.45, 7) is 1.50. The van der Waals surface area contributed by atoms with Crippen molar-refractivity contribution in [2.24, 2.45) is 5.73 Å². The average molecular weight is 224 g/mol. The van der Waals surface area contributed by atoms with E-state index in [9.17, 15) is 4.79 Å². The molecule has 0 aromatic rings. The van der Waals surface area contributed by atoms with E-state index < -0.39 is 16.0 Å². The van der Waals surface area contributed by atoms with Crippen molar-refractivity contribution in [2.75, 3.05) is 0 Å². The first-order valence-electron chi connectivity index (χ1n) is 2.41. The average Bonchev–Trinajstić information content (AvgIpc) is 1.59. The van der Waals surface area contributed by atoms with Crippen LogP contribution in [0.25, 0.3) is 0 Å². The third-order valence-electron chi connectivity index (χ3n) is 0.243. The molecule has 0 rings (SSSR count). The maximum absolute atomic E-state index is 9.62. The number of aliphatic hydroxyl groups excluding tert-OH is 1. The van der Waals surface area contributed by atoms with Crippen molar-refractivity contribution in [3.8, 4) is 0 Å². The van der Waals surface area contributed by atoms with Gasteiger partial charge in [-0.05, 0) is 6.92 Å². The molecule has 7 heteroatoms. The summed E-state index contributed by atoms with van der Waals surface area (Å²) in [5, 5.41) is 15.7. The van der Waals surface area contributed by atoms with Gasteiger partial charge in [0.25, 0.3) is 3.79 Å². The van der Waals surface area contributed by atoms with Gasteiger partial charge in [-0.15, -0.1) is 0 Å². The van der Waals surface area contributed by atoms with Gasteiger partial charge in [0.2, 0.25) is 0 Å². The van der Waals surface area contributed by atoms with Gasteiger partial charge in [-0.25, -0.2) is 4.79 Å². The van der Waals surface area contributed by atoms with Crippen LogP contribution in [0.1, 0.15) is 6.92 Å². The predicted molar refractivity (Wildman–Crippen MR) is 43.8 cm³/mol. The van der Waals surface area contributed by atoms with E-state index in [0.717, 1.165) is 0 Å². The molecule has 0 saturated heterocycles. The Balaban J connectivity index is 0. The first-order valence-corrected chi connectivity index (χ1v) is 3.55. The lowest BCUT2D eigenvalue weighted by Gasteiger charge is -1.99. The Labute approximate surface area is 78.8 Å². The number of carbonyl (C=O) groups is 1. The van der Waals surface area contributed by atoms with E-state index in [1.165, 1.54) is 6.92 Å². The quantitative estimate of drug-likeness (QED) is 0.418. The van der Waals surface area contributed by atoms with Gasteiger partial charge in [-0.1, -0.05) is 34.8 Å². The highest BCUT2D eigenvalue weighted by Crippen LogP contribution is 2.25. The van der Waals surface area contributed by atoms with Crippen LogP contribution in [0.5, 0.6) is 0 Å². The number of hydrogen-bond acceptors (Lipinski definition) is 3. The summed E-state index contributed by atoms with van der Waals surface area (Å²) in [6, 6.07) is 0. The Kier molecular flexibility index (Phi) is 7.36. The number of carboxylic acid groups (broad SMARTS) is 1. The number of hydrogen-bond donors (Lipinski definition) is 3. The summed E-state index contributed by atoms with van der Waals surface area (Å²) in [7, 11) is 0. The van der Waals surface area contributed by atoms with Crippen LogP contribution in [0.15, 0.2) is 0 Å². The second-order valence-corrected chi connectivity index (χ2v) is 3.82. The van der Waals surface area contributed by atoms with E-state index in [1.807, 2.05) is 0 Å². The highest BCUT2D eigenvalue weighted by Gasteiger charge is 2.29. The number of aliphatic carboxylic acids is 1. The minimum atomic E-state index is -2.17. The third kappa shape index (κ3) is 17.9. The lowest BCUT2D eigenvalue weighted by molar-refractivity contribution is -0.135. The van der Waals surface area contributed by atoms with Crippen molar-refractivity contribution in [2.45, 2.75) is 16.9 Å². The number of carboxylic acids is 1. The van der Waals surface area contributed by atoms with Gasteiger partial charge in [0.05, 0.1) is 6.23 Å². The monoisotopic (exact) mass is 223 g/mol. The van der Waals surface area contributed by atoms with E-state index in [2.05, 4.69) is 5.73 Å². The van der Waals surface area contributed by atoms with Crippen LogP contribution in [0, 0.1) is 0 Å². The van der Waals surface area contributed by atoms with Crippen molar-refractivity contribution in [3.05, 3.63) is 0 Å². The number of nitrogens with two attached hydrogens (primary N) is 1. The molecule has 0 aromatic carbocycles. The third-order valence-corrected chi connectivity index (χ3v) is 0.728. The number of aliphatic hydroxyl groups is 1. The van der Waals surface area contributed by atoms with E-state index in [1.54, 1.807) is 0 Å². The summed E-state index contributed by atoms with van der Waals surface area (Å²) in [6.07, 6.45) is -0.667. The summed E-state index contributed by atoms with van der Waals surface area (Å²) >= 11 is 14.4. The zero-order valence-corrected chi connectivity index (χ0v) is 7.86. The van der Waals surface area contributed by atoms with Crippen LogP contribution < -0.4 is 5.73 Å². The highest BCUT2D eigenvalue weighted by molar-refractivity contribution is 6.75. The molecule has 68 valence electrons. The van der Waals surface area contributed by atoms with Crippen LogP contribution in [-0.4, -0.2) is 26.2 Å². The first-order chi connectivity index (χ1) is 4.68. The Morgan fingerprint density at radius 3 is 1.64 bits per heavy atom.